The van der Waals surface area contributed by atoms with Gasteiger partial charge in [0.25, 0.3) is 0 Å². The number of carbonyl (C=O) groups excluding carboxylic acids is 1. The number of aliphatic hydroxyl groups is 1. The summed E-state index contributed by atoms with van der Waals surface area (Å²) < 4.78 is 1.78. The standard InChI is InChI=1S/C17H20N2O2/c1-17(2)10-13-15(14(21)11-17)16(19(18-13)8-9-20)12-6-4-3-5-7-12/h3-7,20H,8-11H2,1-2H3. The van der Waals surface area contributed by atoms with Gasteiger partial charge in [-0.3, -0.25) is 9.48 Å². The van der Waals surface area contributed by atoms with Crippen LogP contribution >= 0.6 is 0 Å². The molecule has 4 nitrogen and oxygen atoms in total. The molecule has 0 bridgehead atoms. The molecule has 1 N–H and O–H groups in total. The molecule has 0 amide bonds. The van der Waals surface area contributed by atoms with Crippen LogP contribution in [-0.4, -0.2) is 27.3 Å². The molecular formula is C17H20N2O2. The third-order valence-electron chi connectivity index (χ3n) is 3.95. The zero-order valence-corrected chi connectivity index (χ0v) is 12.5. The Morgan fingerprint density at radius 3 is 2.62 bits per heavy atom. The molecule has 1 heterocycles. The van der Waals surface area contributed by atoms with Crippen LogP contribution in [0.25, 0.3) is 11.3 Å². The molecule has 0 aliphatic heterocycles. The second-order valence-corrected chi connectivity index (χ2v) is 6.42. The molecule has 110 valence electrons. The SMILES string of the molecule is CC1(C)CC(=O)c2c(nn(CCO)c2-c2ccccc2)C1. The molecule has 0 fully saturated rings. The lowest BCUT2D eigenvalue weighted by Gasteiger charge is -2.27. The van der Waals surface area contributed by atoms with Gasteiger partial charge < -0.3 is 5.11 Å². The summed E-state index contributed by atoms with van der Waals surface area (Å²) in [6, 6.07) is 9.83. The molecule has 0 atom stereocenters. The largest absolute Gasteiger partial charge is 0.394 e. The average Bonchev–Trinajstić information content (AvgIpc) is 2.77. The Hall–Kier alpha value is -1.94. The number of hydrogen-bond acceptors (Lipinski definition) is 3. The van der Waals surface area contributed by atoms with Crippen molar-refractivity contribution in [3.05, 3.63) is 41.6 Å². The maximum atomic E-state index is 12.6. The van der Waals surface area contributed by atoms with E-state index in [-0.39, 0.29) is 17.8 Å². The lowest BCUT2D eigenvalue weighted by Crippen LogP contribution is -2.26. The van der Waals surface area contributed by atoms with Crippen LogP contribution in [0.2, 0.25) is 0 Å². The van der Waals surface area contributed by atoms with Gasteiger partial charge in [-0.05, 0) is 11.8 Å². The van der Waals surface area contributed by atoms with E-state index in [9.17, 15) is 9.90 Å². The van der Waals surface area contributed by atoms with Crippen LogP contribution in [0.3, 0.4) is 0 Å². The zero-order valence-electron chi connectivity index (χ0n) is 12.5. The summed E-state index contributed by atoms with van der Waals surface area (Å²) in [4.78, 5) is 12.6. The highest BCUT2D eigenvalue weighted by atomic mass is 16.3. The third kappa shape index (κ3) is 2.51. The van der Waals surface area contributed by atoms with Gasteiger partial charge in [-0.15, -0.1) is 0 Å². The first-order valence-electron chi connectivity index (χ1n) is 7.31. The summed E-state index contributed by atoms with van der Waals surface area (Å²) in [6.45, 7) is 4.62. The van der Waals surface area contributed by atoms with Crippen molar-refractivity contribution in [3.8, 4) is 11.3 Å². The van der Waals surface area contributed by atoms with Crippen molar-refractivity contribution < 1.29 is 9.90 Å². The molecule has 0 radical (unpaired) electrons. The Kier molecular flexibility index (Phi) is 3.41. The summed E-state index contributed by atoms with van der Waals surface area (Å²) in [6.07, 6.45) is 1.34. The van der Waals surface area contributed by atoms with Gasteiger partial charge in [0.1, 0.15) is 0 Å². The lowest BCUT2D eigenvalue weighted by molar-refractivity contribution is 0.0912. The van der Waals surface area contributed by atoms with Gasteiger partial charge in [-0.2, -0.15) is 5.10 Å². The fraction of sp³-hybridized carbons (Fsp3) is 0.412. The van der Waals surface area contributed by atoms with Crippen molar-refractivity contribution in [1.29, 1.82) is 0 Å². The fourth-order valence-electron chi connectivity index (χ4n) is 3.11. The highest BCUT2D eigenvalue weighted by Crippen LogP contribution is 2.38. The molecule has 1 aliphatic rings. The van der Waals surface area contributed by atoms with Crippen molar-refractivity contribution >= 4 is 5.78 Å². The van der Waals surface area contributed by atoms with E-state index in [1.165, 1.54) is 0 Å². The summed E-state index contributed by atoms with van der Waals surface area (Å²) >= 11 is 0. The first kappa shape index (κ1) is 14.0. The molecule has 2 aromatic rings. The quantitative estimate of drug-likeness (QED) is 0.942. The molecule has 0 spiro atoms. The number of carbonyl (C=O) groups is 1. The van der Waals surface area contributed by atoms with Crippen LogP contribution < -0.4 is 0 Å². The smallest absolute Gasteiger partial charge is 0.167 e. The second-order valence-electron chi connectivity index (χ2n) is 6.42. The Balaban J connectivity index is 2.19. The van der Waals surface area contributed by atoms with E-state index in [0.717, 1.165) is 28.9 Å². The zero-order chi connectivity index (χ0) is 15.0. The van der Waals surface area contributed by atoms with Gasteiger partial charge >= 0.3 is 0 Å². The molecule has 0 saturated heterocycles. The van der Waals surface area contributed by atoms with Gasteiger partial charge in [0, 0.05) is 12.0 Å². The molecule has 1 aromatic heterocycles. The normalized spacial score (nSPS) is 16.8. The Morgan fingerprint density at radius 2 is 1.95 bits per heavy atom. The van der Waals surface area contributed by atoms with Gasteiger partial charge in [-0.1, -0.05) is 44.2 Å². The number of Topliss-reactive ketones (excluding diaryl/α,β-unsaturated/α-hetero) is 1. The molecular weight excluding hydrogens is 264 g/mol. The van der Waals surface area contributed by atoms with E-state index in [0.29, 0.717) is 13.0 Å². The highest BCUT2D eigenvalue weighted by Gasteiger charge is 2.36. The molecule has 21 heavy (non-hydrogen) atoms. The van der Waals surface area contributed by atoms with Gasteiger partial charge in [0.05, 0.1) is 30.1 Å². The first-order valence-corrected chi connectivity index (χ1v) is 7.31. The maximum absolute atomic E-state index is 12.6. The minimum atomic E-state index is -0.0452. The predicted molar refractivity (Wildman–Crippen MR) is 81.2 cm³/mol. The van der Waals surface area contributed by atoms with Crippen LogP contribution in [0.1, 0.15) is 36.3 Å². The minimum absolute atomic E-state index is 0.0119. The number of nitrogens with zero attached hydrogens (tertiary/aromatic N) is 2. The Morgan fingerprint density at radius 1 is 1.24 bits per heavy atom. The summed E-state index contributed by atoms with van der Waals surface area (Å²) in [5.41, 5.74) is 3.39. The van der Waals surface area contributed by atoms with Crippen molar-refractivity contribution in [3.63, 3.8) is 0 Å². The van der Waals surface area contributed by atoms with Crippen LogP contribution in [0, 0.1) is 5.41 Å². The maximum Gasteiger partial charge on any atom is 0.167 e. The topological polar surface area (TPSA) is 55.1 Å². The molecule has 1 aromatic carbocycles. The van der Waals surface area contributed by atoms with E-state index >= 15 is 0 Å². The van der Waals surface area contributed by atoms with E-state index in [4.69, 9.17) is 0 Å². The summed E-state index contributed by atoms with van der Waals surface area (Å²) in [7, 11) is 0. The molecule has 3 rings (SSSR count). The first-order chi connectivity index (χ1) is 10.0. The van der Waals surface area contributed by atoms with E-state index in [1.807, 2.05) is 30.3 Å². The van der Waals surface area contributed by atoms with Crippen LogP contribution in [0.4, 0.5) is 0 Å². The number of rotatable bonds is 3. The third-order valence-corrected chi connectivity index (χ3v) is 3.95. The Bertz CT molecular complexity index is 672. The number of hydrogen-bond donors (Lipinski definition) is 1. The highest BCUT2D eigenvalue weighted by molar-refractivity contribution is 6.04. The van der Waals surface area contributed by atoms with Crippen molar-refractivity contribution in [2.45, 2.75) is 33.2 Å². The van der Waals surface area contributed by atoms with Crippen molar-refractivity contribution in [1.82, 2.24) is 9.78 Å². The van der Waals surface area contributed by atoms with Crippen LogP contribution in [0.5, 0.6) is 0 Å². The van der Waals surface area contributed by atoms with E-state index in [1.54, 1.807) is 4.68 Å². The monoisotopic (exact) mass is 284 g/mol. The lowest BCUT2D eigenvalue weighted by atomic mass is 9.75. The number of aliphatic hydroxyl groups excluding tert-OH is 1. The fourth-order valence-corrected chi connectivity index (χ4v) is 3.11. The number of benzene rings is 1. The minimum Gasteiger partial charge on any atom is -0.394 e. The average molecular weight is 284 g/mol. The van der Waals surface area contributed by atoms with E-state index < -0.39 is 0 Å². The van der Waals surface area contributed by atoms with Gasteiger partial charge in [0.2, 0.25) is 0 Å². The summed E-state index contributed by atoms with van der Waals surface area (Å²) in [5.74, 6) is 0.157. The van der Waals surface area contributed by atoms with E-state index in [2.05, 4.69) is 18.9 Å². The number of aromatic nitrogens is 2. The van der Waals surface area contributed by atoms with Crippen LogP contribution in [-0.2, 0) is 13.0 Å². The number of fused-ring (bicyclic) bond motifs is 1. The molecule has 1 aliphatic carbocycles. The van der Waals surface area contributed by atoms with Crippen molar-refractivity contribution in [2.24, 2.45) is 5.41 Å². The van der Waals surface area contributed by atoms with Gasteiger partial charge in [-0.25, -0.2) is 0 Å². The molecule has 4 heteroatoms. The van der Waals surface area contributed by atoms with Crippen molar-refractivity contribution in [2.75, 3.05) is 6.61 Å². The predicted octanol–water partition coefficient (Wildman–Crippen LogP) is 2.70. The molecule has 0 unspecified atom stereocenters. The molecule has 0 saturated carbocycles. The number of ketones is 1. The summed E-state index contributed by atoms with van der Waals surface area (Å²) in [5, 5.41) is 13.9. The van der Waals surface area contributed by atoms with Crippen LogP contribution in [0.15, 0.2) is 30.3 Å². The van der Waals surface area contributed by atoms with Gasteiger partial charge in [0.15, 0.2) is 5.78 Å². The second kappa shape index (κ2) is 5.11. The Labute approximate surface area is 124 Å².